The van der Waals surface area contributed by atoms with Gasteiger partial charge in [-0.15, -0.1) is 0 Å². The molecule has 0 bridgehead atoms. The maximum absolute atomic E-state index is 6.05. The summed E-state index contributed by atoms with van der Waals surface area (Å²) in [5, 5.41) is 0.740. The quantitative estimate of drug-likeness (QED) is 0.810. The highest BCUT2D eigenvalue weighted by Crippen LogP contribution is 2.46. The Balaban J connectivity index is 2.51. The predicted octanol–water partition coefficient (Wildman–Crippen LogP) is 3.05. The normalized spacial score (nSPS) is 19.2. The number of hydrogen-bond acceptors (Lipinski definition) is 1. The molecule has 0 spiro atoms. The summed E-state index contributed by atoms with van der Waals surface area (Å²) in [6.07, 6.45) is 2.12. The molecule has 3 heteroatoms. The second kappa shape index (κ2) is 2.72. The molecule has 0 radical (unpaired) electrons. The molecule has 0 aliphatic heterocycles. The molecule has 0 heterocycles. The van der Waals surface area contributed by atoms with Crippen LogP contribution in [0.3, 0.4) is 0 Å². The highest BCUT2D eigenvalue weighted by atomic mass is 79.9. The SMILES string of the molecule is NC1(c2cccc(Cl)c2Br)CC1. The summed E-state index contributed by atoms with van der Waals surface area (Å²) in [6, 6.07) is 5.83. The maximum atomic E-state index is 6.05. The van der Waals surface area contributed by atoms with E-state index < -0.39 is 0 Å². The average molecular weight is 247 g/mol. The lowest BCUT2D eigenvalue weighted by molar-refractivity contribution is 0.736. The Bertz CT molecular complexity index is 320. The molecule has 1 aromatic carbocycles. The van der Waals surface area contributed by atoms with E-state index in [9.17, 15) is 0 Å². The van der Waals surface area contributed by atoms with E-state index in [0.717, 1.165) is 27.9 Å². The van der Waals surface area contributed by atoms with Crippen LogP contribution >= 0.6 is 27.5 Å². The second-order valence-electron chi connectivity index (χ2n) is 3.26. The van der Waals surface area contributed by atoms with Gasteiger partial charge in [0.05, 0.1) is 5.02 Å². The van der Waals surface area contributed by atoms with E-state index in [1.165, 1.54) is 0 Å². The van der Waals surface area contributed by atoms with Crippen LogP contribution in [0.1, 0.15) is 18.4 Å². The minimum absolute atomic E-state index is 0.107. The zero-order chi connectivity index (χ0) is 8.77. The van der Waals surface area contributed by atoms with Gasteiger partial charge in [0, 0.05) is 10.0 Å². The van der Waals surface area contributed by atoms with E-state index in [0.29, 0.717) is 0 Å². The summed E-state index contributed by atoms with van der Waals surface area (Å²) in [5.41, 5.74) is 7.08. The number of halogens is 2. The lowest BCUT2D eigenvalue weighted by Crippen LogP contribution is -2.19. The minimum atomic E-state index is -0.107. The van der Waals surface area contributed by atoms with E-state index in [4.69, 9.17) is 17.3 Å². The zero-order valence-electron chi connectivity index (χ0n) is 6.48. The summed E-state index contributed by atoms with van der Waals surface area (Å²) in [4.78, 5) is 0. The van der Waals surface area contributed by atoms with E-state index in [1.807, 2.05) is 18.2 Å². The molecule has 12 heavy (non-hydrogen) atoms. The fraction of sp³-hybridized carbons (Fsp3) is 0.333. The fourth-order valence-corrected chi connectivity index (χ4v) is 2.13. The Hall–Kier alpha value is -0.0500. The van der Waals surface area contributed by atoms with E-state index >= 15 is 0 Å². The fourth-order valence-electron chi connectivity index (χ4n) is 1.29. The summed E-state index contributed by atoms with van der Waals surface area (Å²) in [5.74, 6) is 0. The molecule has 1 aliphatic carbocycles. The van der Waals surface area contributed by atoms with Gasteiger partial charge < -0.3 is 5.73 Å². The van der Waals surface area contributed by atoms with Crippen LogP contribution in [-0.2, 0) is 5.54 Å². The Morgan fingerprint density at radius 3 is 2.67 bits per heavy atom. The summed E-state index contributed by atoms with van der Waals surface area (Å²) in [6.45, 7) is 0. The minimum Gasteiger partial charge on any atom is -0.321 e. The lowest BCUT2D eigenvalue weighted by atomic mass is 10.1. The van der Waals surface area contributed by atoms with Crippen LogP contribution < -0.4 is 5.73 Å². The summed E-state index contributed by atoms with van der Waals surface area (Å²) >= 11 is 9.39. The van der Waals surface area contributed by atoms with Crippen LogP contribution in [0, 0.1) is 0 Å². The van der Waals surface area contributed by atoms with Gasteiger partial charge in [0.15, 0.2) is 0 Å². The van der Waals surface area contributed by atoms with Crippen LogP contribution in [0.15, 0.2) is 22.7 Å². The van der Waals surface area contributed by atoms with Gasteiger partial charge in [0.25, 0.3) is 0 Å². The highest BCUT2D eigenvalue weighted by Gasteiger charge is 2.41. The second-order valence-corrected chi connectivity index (χ2v) is 4.46. The third-order valence-electron chi connectivity index (χ3n) is 2.28. The Labute approximate surface area is 85.0 Å². The number of hydrogen-bond donors (Lipinski definition) is 1. The largest absolute Gasteiger partial charge is 0.321 e. The summed E-state index contributed by atoms with van der Waals surface area (Å²) < 4.78 is 0.951. The van der Waals surface area contributed by atoms with E-state index in [-0.39, 0.29) is 5.54 Å². The van der Waals surface area contributed by atoms with Crippen molar-refractivity contribution in [1.29, 1.82) is 0 Å². The van der Waals surface area contributed by atoms with Crippen molar-refractivity contribution in [1.82, 2.24) is 0 Å². The molecule has 0 amide bonds. The number of nitrogens with two attached hydrogens (primary N) is 1. The van der Waals surface area contributed by atoms with Crippen LogP contribution in [0.25, 0.3) is 0 Å². The van der Waals surface area contributed by atoms with Crippen LogP contribution in [0.5, 0.6) is 0 Å². The Morgan fingerprint density at radius 1 is 1.42 bits per heavy atom. The highest BCUT2D eigenvalue weighted by molar-refractivity contribution is 9.10. The first-order valence-electron chi connectivity index (χ1n) is 3.87. The third kappa shape index (κ3) is 1.28. The third-order valence-corrected chi connectivity index (χ3v) is 3.67. The molecule has 0 aromatic heterocycles. The molecule has 1 fully saturated rings. The van der Waals surface area contributed by atoms with Crippen molar-refractivity contribution >= 4 is 27.5 Å². The first-order chi connectivity index (χ1) is 5.63. The van der Waals surface area contributed by atoms with E-state index in [2.05, 4.69) is 15.9 Å². The van der Waals surface area contributed by atoms with Crippen molar-refractivity contribution in [3.05, 3.63) is 33.3 Å². The molecule has 1 aliphatic rings. The first-order valence-corrected chi connectivity index (χ1v) is 5.04. The van der Waals surface area contributed by atoms with Crippen molar-refractivity contribution in [2.45, 2.75) is 18.4 Å². The van der Waals surface area contributed by atoms with E-state index in [1.54, 1.807) is 0 Å². The molecular formula is C9H9BrClN. The molecular weight excluding hydrogens is 237 g/mol. The van der Waals surface area contributed by atoms with Gasteiger partial charge in [-0.2, -0.15) is 0 Å². The molecule has 2 rings (SSSR count). The monoisotopic (exact) mass is 245 g/mol. The Morgan fingerprint density at radius 2 is 2.08 bits per heavy atom. The molecule has 0 unspecified atom stereocenters. The van der Waals surface area contributed by atoms with Crippen molar-refractivity contribution in [3.8, 4) is 0 Å². The van der Waals surface area contributed by atoms with Crippen LogP contribution in [0.2, 0.25) is 5.02 Å². The molecule has 1 nitrogen and oxygen atoms in total. The molecule has 0 saturated heterocycles. The van der Waals surface area contributed by atoms with Crippen LogP contribution in [-0.4, -0.2) is 0 Å². The maximum Gasteiger partial charge on any atom is 0.0551 e. The van der Waals surface area contributed by atoms with Gasteiger partial charge in [0.2, 0.25) is 0 Å². The van der Waals surface area contributed by atoms with Crippen LogP contribution in [0.4, 0.5) is 0 Å². The topological polar surface area (TPSA) is 26.0 Å². The predicted molar refractivity (Wildman–Crippen MR) is 54.3 cm³/mol. The standard InChI is InChI=1S/C9H9BrClN/c10-8-6(9(12)4-5-9)2-1-3-7(8)11/h1-3H,4-5,12H2. The first kappa shape index (κ1) is 8.54. The van der Waals surface area contributed by atoms with Crippen molar-refractivity contribution in [3.63, 3.8) is 0 Å². The van der Waals surface area contributed by atoms with Gasteiger partial charge >= 0.3 is 0 Å². The molecule has 64 valence electrons. The number of benzene rings is 1. The summed E-state index contributed by atoms with van der Waals surface area (Å²) in [7, 11) is 0. The van der Waals surface area contributed by atoms with Gasteiger partial charge in [-0.1, -0.05) is 23.7 Å². The van der Waals surface area contributed by atoms with Gasteiger partial charge in [-0.05, 0) is 40.4 Å². The molecule has 1 aromatic rings. The molecule has 2 N–H and O–H groups in total. The Kier molecular flexibility index (Phi) is 1.94. The van der Waals surface area contributed by atoms with Crippen molar-refractivity contribution in [2.75, 3.05) is 0 Å². The average Bonchev–Trinajstić information content (AvgIpc) is 2.75. The van der Waals surface area contributed by atoms with Gasteiger partial charge in [-0.25, -0.2) is 0 Å². The van der Waals surface area contributed by atoms with Gasteiger partial charge in [-0.3, -0.25) is 0 Å². The van der Waals surface area contributed by atoms with Gasteiger partial charge in [0.1, 0.15) is 0 Å². The van der Waals surface area contributed by atoms with Crippen molar-refractivity contribution < 1.29 is 0 Å². The lowest BCUT2D eigenvalue weighted by Gasteiger charge is -2.11. The van der Waals surface area contributed by atoms with Crippen molar-refractivity contribution in [2.24, 2.45) is 5.73 Å². The number of rotatable bonds is 1. The molecule has 1 saturated carbocycles. The smallest absolute Gasteiger partial charge is 0.0551 e. The zero-order valence-corrected chi connectivity index (χ0v) is 8.82. The molecule has 0 atom stereocenters.